The summed E-state index contributed by atoms with van der Waals surface area (Å²) in [6.07, 6.45) is 0.810. The molecule has 0 aliphatic rings. The van der Waals surface area contributed by atoms with Crippen molar-refractivity contribution in [3.05, 3.63) is 66.4 Å². The molecule has 0 radical (unpaired) electrons. The van der Waals surface area contributed by atoms with Crippen LogP contribution in [0, 0.1) is 0 Å². The number of nitrogens with zero attached hydrogens (tertiary/aromatic N) is 3. The van der Waals surface area contributed by atoms with Gasteiger partial charge in [0.25, 0.3) is 0 Å². The molecule has 1 heterocycles. The zero-order valence-corrected chi connectivity index (χ0v) is 15.8. The lowest BCUT2D eigenvalue weighted by atomic mass is 10.1. The Morgan fingerprint density at radius 1 is 0.929 bits per heavy atom. The number of nitrogens with one attached hydrogen (secondary N) is 2. The second kappa shape index (κ2) is 9.45. The van der Waals surface area contributed by atoms with Crippen LogP contribution < -0.4 is 10.6 Å². The van der Waals surface area contributed by atoms with Crippen LogP contribution in [0.5, 0.6) is 0 Å². The van der Waals surface area contributed by atoms with Crippen molar-refractivity contribution in [1.29, 1.82) is 0 Å². The van der Waals surface area contributed by atoms with E-state index in [9.17, 15) is 9.59 Å². The number of carbonyl (C=O) groups is 2. The van der Waals surface area contributed by atoms with E-state index in [2.05, 4.69) is 20.9 Å². The molecule has 3 rings (SSSR count). The molecule has 0 saturated heterocycles. The summed E-state index contributed by atoms with van der Waals surface area (Å²) in [6.45, 7) is 2.50. The lowest BCUT2D eigenvalue weighted by Crippen LogP contribution is -2.29. The van der Waals surface area contributed by atoms with Crippen molar-refractivity contribution in [1.82, 2.24) is 25.6 Å². The number of hydrogen-bond acceptors (Lipinski definition) is 4. The molecule has 2 N–H and O–H groups in total. The first kappa shape index (κ1) is 19.3. The third-order valence-electron chi connectivity index (χ3n) is 4.17. The number of aromatic nitrogens is 3. The van der Waals surface area contributed by atoms with E-state index in [4.69, 9.17) is 0 Å². The summed E-state index contributed by atoms with van der Waals surface area (Å²) in [5.41, 5.74) is 3.26. The maximum atomic E-state index is 12.4. The molecule has 0 unspecified atom stereocenters. The molecule has 0 aliphatic carbocycles. The normalized spacial score (nSPS) is 10.5. The highest BCUT2D eigenvalue weighted by atomic mass is 16.2. The lowest BCUT2D eigenvalue weighted by Gasteiger charge is -2.09. The second-order valence-corrected chi connectivity index (χ2v) is 6.36. The van der Waals surface area contributed by atoms with E-state index >= 15 is 0 Å². The third kappa shape index (κ3) is 5.03. The molecule has 28 heavy (non-hydrogen) atoms. The fourth-order valence-electron chi connectivity index (χ4n) is 2.86. The van der Waals surface area contributed by atoms with E-state index in [1.54, 1.807) is 4.68 Å². The molecule has 2 aromatic carbocycles. The number of amides is 2. The predicted octanol–water partition coefficient (Wildman–Crippen LogP) is 2.12. The maximum absolute atomic E-state index is 12.4. The van der Waals surface area contributed by atoms with Gasteiger partial charge in [-0.05, 0) is 18.6 Å². The molecule has 0 spiro atoms. The zero-order chi connectivity index (χ0) is 19.8. The van der Waals surface area contributed by atoms with Gasteiger partial charge in [-0.2, -0.15) is 0 Å². The molecule has 7 nitrogen and oxygen atoms in total. The highest BCUT2D eigenvalue weighted by Gasteiger charge is 2.18. The summed E-state index contributed by atoms with van der Waals surface area (Å²) in [7, 11) is 0. The van der Waals surface area contributed by atoms with Crippen LogP contribution in [-0.4, -0.2) is 39.9 Å². The fourth-order valence-corrected chi connectivity index (χ4v) is 2.86. The van der Waals surface area contributed by atoms with Gasteiger partial charge in [-0.15, -0.1) is 5.10 Å². The SMILES string of the molecule is CC(=O)NCCCNC(=O)Cc1nnn(-c2ccccc2)c1-c1ccccc1. The monoisotopic (exact) mass is 377 g/mol. The lowest BCUT2D eigenvalue weighted by molar-refractivity contribution is -0.120. The van der Waals surface area contributed by atoms with E-state index < -0.39 is 0 Å². The Morgan fingerprint density at radius 3 is 2.25 bits per heavy atom. The van der Waals surface area contributed by atoms with Crippen LogP contribution in [-0.2, 0) is 16.0 Å². The smallest absolute Gasteiger partial charge is 0.226 e. The van der Waals surface area contributed by atoms with E-state index in [1.807, 2.05) is 60.7 Å². The number of benzene rings is 2. The Morgan fingerprint density at radius 2 is 1.57 bits per heavy atom. The molecule has 0 aliphatic heterocycles. The van der Waals surface area contributed by atoms with Gasteiger partial charge >= 0.3 is 0 Å². The van der Waals surface area contributed by atoms with Crippen LogP contribution in [0.25, 0.3) is 16.9 Å². The van der Waals surface area contributed by atoms with Crippen LogP contribution in [0.1, 0.15) is 19.0 Å². The second-order valence-electron chi connectivity index (χ2n) is 6.36. The van der Waals surface area contributed by atoms with Crippen molar-refractivity contribution in [2.24, 2.45) is 0 Å². The summed E-state index contributed by atoms with van der Waals surface area (Å²) in [4.78, 5) is 23.2. The van der Waals surface area contributed by atoms with Gasteiger partial charge in [0.1, 0.15) is 5.69 Å². The van der Waals surface area contributed by atoms with Crippen molar-refractivity contribution in [2.45, 2.75) is 19.8 Å². The molecule has 2 amide bonds. The molecule has 0 atom stereocenters. The van der Waals surface area contributed by atoms with Crippen LogP contribution in [0.2, 0.25) is 0 Å². The van der Waals surface area contributed by atoms with Gasteiger partial charge in [-0.3, -0.25) is 9.59 Å². The standard InChI is InChI=1S/C21H23N5O2/c1-16(27)22-13-8-14-23-20(28)15-19-21(17-9-4-2-5-10-17)26(25-24-19)18-11-6-3-7-12-18/h2-7,9-12H,8,13-15H2,1H3,(H,22,27)(H,23,28). The van der Waals surface area contributed by atoms with Crippen LogP contribution >= 0.6 is 0 Å². The number of carbonyl (C=O) groups excluding carboxylic acids is 2. The summed E-state index contributed by atoms with van der Waals surface area (Å²) in [5.74, 6) is -0.198. The van der Waals surface area contributed by atoms with Crippen molar-refractivity contribution in [3.8, 4) is 16.9 Å². The van der Waals surface area contributed by atoms with Crippen LogP contribution in [0.3, 0.4) is 0 Å². The van der Waals surface area contributed by atoms with Gasteiger partial charge in [0.05, 0.1) is 17.8 Å². The van der Waals surface area contributed by atoms with E-state index in [-0.39, 0.29) is 18.2 Å². The molecule has 0 fully saturated rings. The summed E-state index contributed by atoms with van der Waals surface area (Å²) < 4.78 is 1.76. The molecule has 0 bridgehead atoms. The predicted molar refractivity (Wildman–Crippen MR) is 107 cm³/mol. The van der Waals surface area contributed by atoms with Crippen LogP contribution in [0.4, 0.5) is 0 Å². The average Bonchev–Trinajstić information content (AvgIpc) is 3.12. The summed E-state index contributed by atoms with van der Waals surface area (Å²) in [5, 5.41) is 14.1. The van der Waals surface area contributed by atoms with Gasteiger partial charge in [-0.1, -0.05) is 53.7 Å². The molecule has 1 aromatic heterocycles. The Bertz CT molecular complexity index is 922. The topological polar surface area (TPSA) is 88.9 Å². The molecule has 7 heteroatoms. The first-order valence-electron chi connectivity index (χ1n) is 9.21. The molecular weight excluding hydrogens is 354 g/mol. The zero-order valence-electron chi connectivity index (χ0n) is 15.8. The minimum absolute atomic E-state index is 0.0728. The first-order chi connectivity index (χ1) is 13.6. The Balaban J connectivity index is 1.75. The van der Waals surface area contributed by atoms with Crippen molar-refractivity contribution in [3.63, 3.8) is 0 Å². The number of para-hydroxylation sites is 1. The Hall–Kier alpha value is -3.48. The van der Waals surface area contributed by atoms with E-state index in [1.165, 1.54) is 6.92 Å². The molecule has 3 aromatic rings. The van der Waals surface area contributed by atoms with Gasteiger partial charge in [0, 0.05) is 25.6 Å². The van der Waals surface area contributed by atoms with Gasteiger partial charge in [-0.25, -0.2) is 4.68 Å². The Kier molecular flexibility index (Phi) is 6.51. The minimum atomic E-state index is -0.125. The first-order valence-corrected chi connectivity index (χ1v) is 9.21. The highest BCUT2D eigenvalue weighted by Crippen LogP contribution is 2.25. The average molecular weight is 377 g/mol. The summed E-state index contributed by atoms with van der Waals surface area (Å²) >= 11 is 0. The highest BCUT2D eigenvalue weighted by molar-refractivity contribution is 5.80. The van der Waals surface area contributed by atoms with Gasteiger partial charge in [0.15, 0.2) is 0 Å². The van der Waals surface area contributed by atoms with Crippen molar-refractivity contribution < 1.29 is 9.59 Å². The van der Waals surface area contributed by atoms with Gasteiger partial charge < -0.3 is 10.6 Å². The van der Waals surface area contributed by atoms with E-state index in [0.29, 0.717) is 25.2 Å². The largest absolute Gasteiger partial charge is 0.356 e. The van der Waals surface area contributed by atoms with E-state index in [0.717, 1.165) is 16.9 Å². The van der Waals surface area contributed by atoms with Gasteiger partial charge in [0.2, 0.25) is 11.8 Å². The number of hydrogen-bond donors (Lipinski definition) is 2. The summed E-state index contributed by atoms with van der Waals surface area (Å²) in [6, 6.07) is 19.5. The molecule has 144 valence electrons. The third-order valence-corrected chi connectivity index (χ3v) is 4.17. The van der Waals surface area contributed by atoms with Crippen molar-refractivity contribution >= 4 is 11.8 Å². The minimum Gasteiger partial charge on any atom is -0.356 e. The molecular formula is C21H23N5O2. The van der Waals surface area contributed by atoms with Crippen molar-refractivity contribution in [2.75, 3.05) is 13.1 Å². The number of rotatable bonds is 8. The van der Waals surface area contributed by atoms with Crippen LogP contribution in [0.15, 0.2) is 60.7 Å². The fraction of sp³-hybridized carbons (Fsp3) is 0.238. The Labute approximate surface area is 163 Å². The quantitative estimate of drug-likeness (QED) is 0.589. The maximum Gasteiger partial charge on any atom is 0.226 e. The molecule has 0 saturated carbocycles.